The van der Waals surface area contributed by atoms with Gasteiger partial charge in [0.25, 0.3) is 0 Å². The summed E-state index contributed by atoms with van der Waals surface area (Å²) in [5, 5.41) is 0. The second-order valence-electron chi connectivity index (χ2n) is 2.83. The third-order valence-corrected chi connectivity index (χ3v) is 1.80. The first-order valence-corrected chi connectivity index (χ1v) is 4.56. The highest BCUT2D eigenvalue weighted by atomic mass is 16.1. The summed E-state index contributed by atoms with van der Waals surface area (Å²) in [7, 11) is 1.66. The summed E-state index contributed by atoms with van der Waals surface area (Å²) in [6.45, 7) is 4.02. The number of carbonyl (C=O) groups excluding carboxylic acids is 2. The van der Waals surface area contributed by atoms with Crippen LogP contribution in [0.2, 0.25) is 0 Å². The minimum Gasteiger partial charge on any atom is -0.307 e. The summed E-state index contributed by atoms with van der Waals surface area (Å²) in [6, 6.07) is 7.86. The summed E-state index contributed by atoms with van der Waals surface area (Å²) < 4.78 is 0. The molecule has 1 aromatic rings. The van der Waals surface area contributed by atoms with E-state index in [1.807, 2.05) is 38.0 Å². The van der Waals surface area contributed by atoms with Gasteiger partial charge >= 0.3 is 0 Å². The van der Waals surface area contributed by atoms with Crippen molar-refractivity contribution in [2.45, 2.75) is 6.92 Å². The molecule has 2 N–H and O–H groups in total. The molecular weight excluding hydrogens is 206 g/mol. The molecule has 0 bridgehead atoms. The van der Waals surface area contributed by atoms with Gasteiger partial charge in [-0.05, 0) is 6.92 Å². The summed E-state index contributed by atoms with van der Waals surface area (Å²) in [5.41, 5.74) is 7.16. The lowest BCUT2D eigenvalue weighted by Gasteiger charge is -2.07. The summed E-state index contributed by atoms with van der Waals surface area (Å²) in [4.78, 5) is 22.1. The molecule has 0 atom stereocenters. The molecule has 0 radical (unpaired) electrons. The maximum absolute atomic E-state index is 10.1. The molecule has 0 aliphatic heterocycles. The molecule has 1 rings (SSSR count). The average molecular weight is 221 g/mol. The number of hydrogen-bond acceptors (Lipinski definition) is 3. The number of amidine groups is 1. The predicted molar refractivity (Wildman–Crippen MR) is 63.1 cm³/mol. The maximum atomic E-state index is 10.1. The molecule has 0 aromatic heterocycles. The van der Waals surface area contributed by atoms with Crippen LogP contribution in [0, 0.1) is 6.92 Å². The quantitative estimate of drug-likeness (QED) is 0.337. The molecule has 16 heavy (non-hydrogen) atoms. The van der Waals surface area contributed by atoms with Crippen LogP contribution >= 0.6 is 0 Å². The molecule has 5 heteroatoms. The monoisotopic (exact) mass is 221 g/mol. The highest BCUT2D eigenvalue weighted by molar-refractivity contribution is 5.98. The SMILES string of the molecule is C=O.CN=C(NNC=O)c1ccc(C)cc1. The van der Waals surface area contributed by atoms with Gasteiger partial charge in [-0.15, -0.1) is 0 Å². The number of benzene rings is 1. The van der Waals surface area contributed by atoms with Crippen molar-refractivity contribution < 1.29 is 9.59 Å². The Hall–Kier alpha value is -2.17. The molecule has 0 unspecified atom stereocenters. The van der Waals surface area contributed by atoms with Crippen LogP contribution < -0.4 is 10.9 Å². The van der Waals surface area contributed by atoms with Crippen molar-refractivity contribution in [3.05, 3.63) is 35.4 Å². The van der Waals surface area contributed by atoms with Crippen molar-refractivity contribution >= 4 is 19.0 Å². The molecular formula is C11H15N3O2. The zero-order valence-electron chi connectivity index (χ0n) is 9.36. The molecule has 0 saturated heterocycles. The number of carbonyl (C=O) groups is 2. The lowest BCUT2D eigenvalue weighted by molar-refractivity contribution is -0.110. The van der Waals surface area contributed by atoms with E-state index in [0.717, 1.165) is 5.56 Å². The van der Waals surface area contributed by atoms with Gasteiger partial charge in [-0.25, -0.2) is 0 Å². The van der Waals surface area contributed by atoms with Gasteiger partial charge in [0.05, 0.1) is 0 Å². The van der Waals surface area contributed by atoms with Gasteiger partial charge in [0.2, 0.25) is 6.41 Å². The largest absolute Gasteiger partial charge is 0.307 e. The second kappa shape index (κ2) is 8.16. The number of amides is 1. The minimum atomic E-state index is 0.569. The Balaban J connectivity index is 0.00000106. The lowest BCUT2D eigenvalue weighted by atomic mass is 10.1. The summed E-state index contributed by atoms with van der Waals surface area (Å²) in [5.74, 6) is 0.636. The van der Waals surface area contributed by atoms with Crippen molar-refractivity contribution in [2.24, 2.45) is 4.99 Å². The van der Waals surface area contributed by atoms with Crippen molar-refractivity contribution in [1.29, 1.82) is 0 Å². The average Bonchev–Trinajstić information content (AvgIpc) is 2.35. The molecule has 0 aliphatic carbocycles. The van der Waals surface area contributed by atoms with Crippen LogP contribution in [0.3, 0.4) is 0 Å². The van der Waals surface area contributed by atoms with Crippen LogP contribution in [0.1, 0.15) is 11.1 Å². The normalized spacial score (nSPS) is 9.75. The fourth-order valence-corrected chi connectivity index (χ4v) is 1.07. The van der Waals surface area contributed by atoms with Gasteiger partial charge in [0.15, 0.2) is 0 Å². The van der Waals surface area contributed by atoms with E-state index in [9.17, 15) is 4.79 Å². The van der Waals surface area contributed by atoms with Crippen molar-refractivity contribution in [3.63, 3.8) is 0 Å². The minimum absolute atomic E-state index is 0.569. The number of aryl methyl sites for hydroxylation is 1. The third-order valence-electron chi connectivity index (χ3n) is 1.80. The van der Waals surface area contributed by atoms with Crippen LogP contribution in [0.25, 0.3) is 0 Å². The topological polar surface area (TPSA) is 70.6 Å². The number of rotatable bonds is 3. The number of aliphatic imine (C=N–C) groups is 1. The first kappa shape index (κ1) is 13.8. The standard InChI is InChI=1S/C10H13N3O.CH2O/c1-8-3-5-9(6-4-8)10(11-2)13-12-7-14;1-2/h3-7H,1-2H3,(H,11,13)(H,12,14);1H2. The number of nitrogens with zero attached hydrogens (tertiary/aromatic N) is 1. The Bertz CT molecular complexity index is 347. The van der Waals surface area contributed by atoms with E-state index in [4.69, 9.17) is 4.79 Å². The zero-order valence-corrected chi connectivity index (χ0v) is 9.36. The first-order valence-electron chi connectivity index (χ1n) is 4.56. The van der Waals surface area contributed by atoms with E-state index in [1.165, 1.54) is 5.56 Å². The van der Waals surface area contributed by atoms with Gasteiger partial charge in [-0.3, -0.25) is 20.6 Å². The molecule has 86 valence electrons. The summed E-state index contributed by atoms with van der Waals surface area (Å²) >= 11 is 0. The first-order chi connectivity index (χ1) is 7.77. The highest BCUT2D eigenvalue weighted by Crippen LogP contribution is 2.02. The molecule has 0 saturated carbocycles. The molecule has 0 spiro atoms. The van der Waals surface area contributed by atoms with Gasteiger partial charge in [-0.2, -0.15) is 0 Å². The van der Waals surface area contributed by atoms with Gasteiger partial charge in [0.1, 0.15) is 12.6 Å². The Morgan fingerprint density at radius 1 is 1.31 bits per heavy atom. The number of nitrogens with one attached hydrogen (secondary N) is 2. The van der Waals surface area contributed by atoms with Crippen molar-refractivity contribution in [3.8, 4) is 0 Å². The predicted octanol–water partition coefficient (Wildman–Crippen LogP) is 0.437. The van der Waals surface area contributed by atoms with Crippen LogP contribution in [-0.2, 0) is 9.59 Å². The Kier molecular flexibility index (Phi) is 7.06. The molecule has 1 aromatic carbocycles. The maximum Gasteiger partial charge on any atom is 0.225 e. The van der Waals surface area contributed by atoms with Crippen molar-refractivity contribution in [1.82, 2.24) is 10.9 Å². The van der Waals surface area contributed by atoms with Gasteiger partial charge < -0.3 is 4.79 Å². The fraction of sp³-hybridized carbons (Fsp3) is 0.182. The van der Waals surface area contributed by atoms with Crippen LogP contribution in [0.15, 0.2) is 29.3 Å². The van der Waals surface area contributed by atoms with E-state index in [1.54, 1.807) is 7.05 Å². The fourth-order valence-electron chi connectivity index (χ4n) is 1.07. The molecule has 5 nitrogen and oxygen atoms in total. The third kappa shape index (κ3) is 4.36. The summed E-state index contributed by atoms with van der Waals surface area (Å²) in [6.07, 6.45) is 0.569. The van der Waals surface area contributed by atoms with Crippen molar-refractivity contribution in [2.75, 3.05) is 7.05 Å². The number of hydrogen-bond donors (Lipinski definition) is 2. The second-order valence-corrected chi connectivity index (χ2v) is 2.83. The van der Waals surface area contributed by atoms with E-state index in [0.29, 0.717) is 12.2 Å². The van der Waals surface area contributed by atoms with E-state index in [2.05, 4.69) is 15.8 Å². The van der Waals surface area contributed by atoms with E-state index >= 15 is 0 Å². The Morgan fingerprint density at radius 3 is 2.31 bits per heavy atom. The molecule has 0 aliphatic rings. The van der Waals surface area contributed by atoms with E-state index < -0.39 is 0 Å². The zero-order chi connectivity index (χ0) is 12.4. The number of hydrazine groups is 1. The molecule has 0 fully saturated rings. The smallest absolute Gasteiger partial charge is 0.225 e. The molecule has 0 heterocycles. The van der Waals surface area contributed by atoms with Crippen LogP contribution in [-0.4, -0.2) is 26.1 Å². The Labute approximate surface area is 94.6 Å². The van der Waals surface area contributed by atoms with Crippen LogP contribution in [0.4, 0.5) is 0 Å². The molecule has 1 amide bonds. The Morgan fingerprint density at radius 2 is 1.88 bits per heavy atom. The lowest BCUT2D eigenvalue weighted by Crippen LogP contribution is -2.36. The van der Waals surface area contributed by atoms with E-state index in [-0.39, 0.29) is 0 Å². The van der Waals surface area contributed by atoms with Gasteiger partial charge in [-0.1, -0.05) is 29.8 Å². The van der Waals surface area contributed by atoms with Gasteiger partial charge in [0, 0.05) is 12.6 Å². The van der Waals surface area contributed by atoms with Crippen LogP contribution in [0.5, 0.6) is 0 Å². The highest BCUT2D eigenvalue weighted by Gasteiger charge is 1.99.